The smallest absolute Gasteiger partial charge is 0.364 e. The van der Waals surface area contributed by atoms with Gasteiger partial charge in [-0.05, 0) is 0 Å². The zero-order valence-corrected chi connectivity index (χ0v) is 16.6. The molecule has 180 valence electrons. The number of amides is 1. The van der Waals surface area contributed by atoms with Gasteiger partial charge in [-0.2, -0.15) is 0 Å². The van der Waals surface area contributed by atoms with Crippen LogP contribution in [-0.2, 0) is 23.8 Å². The normalized spacial score (nSPS) is 40.7. The number of nitrogens with one attached hydrogen (secondary N) is 1. The van der Waals surface area contributed by atoms with E-state index in [9.17, 15) is 45.3 Å². The molecule has 0 unspecified atom stereocenters. The lowest BCUT2D eigenvalue weighted by molar-refractivity contribution is -0.347. The number of carbonyl (C=O) groups is 2. The molecule has 14 nitrogen and oxygen atoms in total. The minimum absolute atomic E-state index is 0.409. The second-order valence-electron chi connectivity index (χ2n) is 7.57. The van der Waals surface area contributed by atoms with E-state index in [1.54, 1.807) is 0 Å². The number of carbonyl (C=O) groups excluding carboxylic acids is 1. The summed E-state index contributed by atoms with van der Waals surface area (Å²) >= 11 is 0. The third-order valence-corrected chi connectivity index (χ3v) is 5.24. The van der Waals surface area contributed by atoms with Gasteiger partial charge in [-0.15, -0.1) is 0 Å². The summed E-state index contributed by atoms with van der Waals surface area (Å²) in [5, 5.41) is 81.3. The lowest BCUT2D eigenvalue weighted by atomic mass is 9.88. The first-order valence-corrected chi connectivity index (χ1v) is 9.59. The number of aliphatic hydroxyl groups is 7. The van der Waals surface area contributed by atoms with Gasteiger partial charge in [0.15, 0.2) is 6.29 Å². The minimum Gasteiger partial charge on any atom is -0.477 e. The van der Waals surface area contributed by atoms with E-state index in [2.05, 4.69) is 5.32 Å². The highest BCUT2D eigenvalue weighted by Gasteiger charge is 2.57. The number of rotatable bonds is 8. The second kappa shape index (κ2) is 10.4. The molecule has 14 heteroatoms. The third kappa shape index (κ3) is 5.67. The molecule has 2 aliphatic heterocycles. The van der Waals surface area contributed by atoms with Gasteiger partial charge in [0.1, 0.15) is 30.5 Å². The molecular formula is C17H29NO13. The van der Waals surface area contributed by atoms with Crippen LogP contribution in [-0.4, -0.2) is 127 Å². The Balaban J connectivity index is 2.37. The van der Waals surface area contributed by atoms with Gasteiger partial charge in [0.05, 0.1) is 31.5 Å². The van der Waals surface area contributed by atoms with Crippen LogP contribution in [0.15, 0.2) is 0 Å². The predicted molar refractivity (Wildman–Crippen MR) is 96.0 cm³/mol. The Labute approximate surface area is 176 Å². The van der Waals surface area contributed by atoms with Crippen molar-refractivity contribution in [3.8, 4) is 0 Å². The van der Waals surface area contributed by atoms with Gasteiger partial charge in [-0.1, -0.05) is 0 Å². The van der Waals surface area contributed by atoms with Crippen LogP contribution in [0.4, 0.5) is 0 Å². The molecule has 2 aliphatic rings. The van der Waals surface area contributed by atoms with Gasteiger partial charge >= 0.3 is 5.97 Å². The SMILES string of the molecule is CC(=O)N[C@H]1[C@H]([C@H](O)[C@H](O)CO)O[C@@](O[C@@H]2C[C@@H](O)O[C@H](CO)[C@@H]2O)(C(=O)O)C[C@@H]1O. The molecule has 2 heterocycles. The molecule has 0 aromatic heterocycles. The first kappa shape index (κ1) is 25.8. The van der Waals surface area contributed by atoms with E-state index in [4.69, 9.17) is 19.3 Å². The number of aliphatic hydroxyl groups excluding tert-OH is 7. The van der Waals surface area contributed by atoms with Crippen molar-refractivity contribution >= 4 is 11.9 Å². The van der Waals surface area contributed by atoms with Crippen molar-refractivity contribution in [1.82, 2.24) is 5.32 Å². The van der Waals surface area contributed by atoms with E-state index in [1.807, 2.05) is 0 Å². The van der Waals surface area contributed by atoms with E-state index >= 15 is 0 Å². The molecule has 2 rings (SSSR count). The minimum atomic E-state index is -2.68. The summed E-state index contributed by atoms with van der Waals surface area (Å²) in [6.07, 6.45) is -14.2. The van der Waals surface area contributed by atoms with Crippen LogP contribution in [0.2, 0.25) is 0 Å². The summed E-state index contributed by atoms with van der Waals surface area (Å²) in [5.41, 5.74) is 0. The van der Waals surface area contributed by atoms with Crippen LogP contribution >= 0.6 is 0 Å². The molecule has 0 saturated carbocycles. The summed E-state index contributed by atoms with van der Waals surface area (Å²) in [4.78, 5) is 23.6. The summed E-state index contributed by atoms with van der Waals surface area (Å²) < 4.78 is 15.8. The molecule has 1 amide bonds. The Hall–Kier alpha value is -1.46. The topological polar surface area (TPSA) is 236 Å². The first-order valence-electron chi connectivity index (χ1n) is 9.59. The Morgan fingerprint density at radius 2 is 1.87 bits per heavy atom. The Bertz CT molecular complexity index is 635. The first-order chi connectivity index (χ1) is 14.5. The van der Waals surface area contributed by atoms with Crippen molar-refractivity contribution in [2.75, 3.05) is 13.2 Å². The van der Waals surface area contributed by atoms with Gasteiger partial charge in [0.25, 0.3) is 5.79 Å². The molecule has 0 aromatic carbocycles. The van der Waals surface area contributed by atoms with Crippen LogP contribution in [0.1, 0.15) is 19.8 Å². The summed E-state index contributed by atoms with van der Waals surface area (Å²) in [5.74, 6) is -5.10. The highest BCUT2D eigenvalue weighted by molar-refractivity contribution is 5.76. The lowest BCUT2D eigenvalue weighted by Gasteiger charge is -2.48. The van der Waals surface area contributed by atoms with Gasteiger partial charge in [-0.25, -0.2) is 4.79 Å². The Morgan fingerprint density at radius 3 is 2.39 bits per heavy atom. The molecule has 0 spiro atoms. The zero-order chi connectivity index (χ0) is 23.5. The lowest BCUT2D eigenvalue weighted by Crippen LogP contribution is -2.69. The number of ether oxygens (including phenoxy) is 3. The average molecular weight is 455 g/mol. The van der Waals surface area contributed by atoms with E-state index in [1.165, 1.54) is 0 Å². The molecular weight excluding hydrogens is 426 g/mol. The quantitative estimate of drug-likeness (QED) is 0.167. The molecule has 2 fully saturated rings. The molecule has 0 bridgehead atoms. The van der Waals surface area contributed by atoms with Crippen LogP contribution < -0.4 is 5.32 Å². The van der Waals surface area contributed by atoms with Crippen LogP contribution in [0.25, 0.3) is 0 Å². The highest BCUT2D eigenvalue weighted by Crippen LogP contribution is 2.36. The number of carboxylic acid groups (broad SMARTS) is 1. The maximum Gasteiger partial charge on any atom is 0.364 e. The van der Waals surface area contributed by atoms with Crippen LogP contribution in [0.3, 0.4) is 0 Å². The molecule has 0 aliphatic carbocycles. The molecule has 0 aromatic rings. The number of carboxylic acids is 1. The maximum atomic E-state index is 12.1. The second-order valence-corrected chi connectivity index (χ2v) is 7.57. The van der Waals surface area contributed by atoms with Gasteiger partial charge in [0.2, 0.25) is 5.91 Å². The molecule has 31 heavy (non-hydrogen) atoms. The summed E-state index contributed by atoms with van der Waals surface area (Å²) in [7, 11) is 0. The van der Waals surface area contributed by atoms with E-state index in [0.717, 1.165) is 6.92 Å². The van der Waals surface area contributed by atoms with Crippen molar-refractivity contribution in [1.29, 1.82) is 0 Å². The van der Waals surface area contributed by atoms with Crippen molar-refractivity contribution in [2.24, 2.45) is 0 Å². The van der Waals surface area contributed by atoms with Gasteiger partial charge in [-0.3, -0.25) is 4.79 Å². The summed E-state index contributed by atoms with van der Waals surface area (Å²) in [6, 6.07) is -1.37. The van der Waals surface area contributed by atoms with Gasteiger partial charge in [0, 0.05) is 19.8 Å². The molecule has 0 radical (unpaired) electrons. The fourth-order valence-corrected chi connectivity index (χ4v) is 3.68. The number of hydrogen-bond donors (Lipinski definition) is 9. The third-order valence-electron chi connectivity index (χ3n) is 5.24. The van der Waals surface area contributed by atoms with Crippen molar-refractivity contribution in [2.45, 2.75) is 80.6 Å². The maximum absolute atomic E-state index is 12.1. The van der Waals surface area contributed by atoms with Gasteiger partial charge < -0.3 is 60.4 Å². The summed E-state index contributed by atoms with van der Waals surface area (Å²) in [6.45, 7) is -0.548. The molecule has 10 atom stereocenters. The van der Waals surface area contributed by atoms with Crippen LogP contribution in [0.5, 0.6) is 0 Å². The van der Waals surface area contributed by atoms with Crippen LogP contribution in [0, 0.1) is 0 Å². The predicted octanol–water partition coefficient (Wildman–Crippen LogP) is -5.02. The largest absolute Gasteiger partial charge is 0.477 e. The van der Waals surface area contributed by atoms with E-state index < -0.39 is 98.8 Å². The zero-order valence-electron chi connectivity index (χ0n) is 16.6. The van der Waals surface area contributed by atoms with Crippen molar-refractivity contribution in [3.05, 3.63) is 0 Å². The molecule has 9 N–H and O–H groups in total. The Kier molecular flexibility index (Phi) is 8.69. The Morgan fingerprint density at radius 1 is 1.23 bits per heavy atom. The average Bonchev–Trinajstić information content (AvgIpc) is 2.70. The fourth-order valence-electron chi connectivity index (χ4n) is 3.68. The monoisotopic (exact) mass is 455 g/mol. The highest BCUT2D eigenvalue weighted by atomic mass is 16.7. The van der Waals surface area contributed by atoms with E-state index in [0.29, 0.717) is 0 Å². The standard InChI is InChI=1S/C17H29NO13/c1-6(21)18-12-7(22)3-17(16(27)28,31-15(12)13(25)8(23)4-19)30-9-2-11(24)29-10(5-20)14(9)26/h7-15,19-20,22-26H,2-5H2,1H3,(H,18,21)(H,27,28)/t7-,8+,9+,10+,11-,12+,13+,14+,15+,17+/m0/s1. The fraction of sp³-hybridized carbons (Fsp3) is 0.882. The number of hydrogen-bond acceptors (Lipinski definition) is 12. The van der Waals surface area contributed by atoms with E-state index in [-0.39, 0.29) is 0 Å². The van der Waals surface area contributed by atoms with Crippen molar-refractivity contribution in [3.63, 3.8) is 0 Å². The van der Waals surface area contributed by atoms with Crippen molar-refractivity contribution < 1.29 is 64.7 Å². The molecule has 2 saturated heterocycles. The number of aliphatic carboxylic acids is 1.